The maximum atomic E-state index is 6.38. The monoisotopic (exact) mass is 522 g/mol. The van der Waals surface area contributed by atoms with Crippen LogP contribution in [0, 0.1) is 0 Å². The molecular weight excluding hydrogens is 488 g/mol. The van der Waals surface area contributed by atoms with Crippen molar-refractivity contribution in [1.29, 1.82) is 0 Å². The molecule has 190 valence electrons. The average molecular weight is 523 g/mol. The van der Waals surface area contributed by atoms with Gasteiger partial charge in [0.15, 0.2) is 0 Å². The van der Waals surface area contributed by atoms with Gasteiger partial charge in [-0.1, -0.05) is 60.8 Å². The number of nitrogens with zero attached hydrogens (tertiary/aromatic N) is 4. The summed E-state index contributed by atoms with van der Waals surface area (Å²) in [4.78, 5) is 0. The highest BCUT2D eigenvalue weighted by molar-refractivity contribution is 7.03. The van der Waals surface area contributed by atoms with Gasteiger partial charge < -0.3 is 9.47 Å². The molecule has 6 nitrogen and oxygen atoms in total. The Morgan fingerprint density at radius 2 is 1.19 bits per heavy atom. The molecule has 4 aromatic rings. The lowest BCUT2D eigenvalue weighted by Crippen LogP contribution is -2.25. The van der Waals surface area contributed by atoms with Gasteiger partial charge in [-0.2, -0.15) is 0 Å². The molecule has 0 saturated carbocycles. The molecular formula is C28H34N4O2S2. The summed E-state index contributed by atoms with van der Waals surface area (Å²) >= 11 is 2.71. The second kappa shape index (κ2) is 14.7. The lowest BCUT2D eigenvalue weighted by molar-refractivity contribution is 0.118. The molecule has 2 aromatic heterocycles. The van der Waals surface area contributed by atoms with E-state index in [1.54, 1.807) is 0 Å². The molecule has 0 spiro atoms. The minimum Gasteiger partial charge on any atom is -0.490 e. The van der Waals surface area contributed by atoms with Crippen molar-refractivity contribution in [2.75, 3.05) is 6.61 Å². The summed E-state index contributed by atoms with van der Waals surface area (Å²) in [7, 11) is 0. The zero-order valence-electron chi connectivity index (χ0n) is 20.8. The molecule has 8 heteroatoms. The van der Waals surface area contributed by atoms with Crippen LogP contribution in [0.1, 0.15) is 64.7 Å². The Labute approximate surface area is 222 Å². The molecule has 0 N–H and O–H groups in total. The van der Waals surface area contributed by atoms with Gasteiger partial charge in [-0.05, 0) is 84.4 Å². The fourth-order valence-corrected chi connectivity index (χ4v) is 5.00. The van der Waals surface area contributed by atoms with E-state index in [9.17, 15) is 0 Å². The molecule has 0 amide bonds. The predicted molar refractivity (Wildman–Crippen MR) is 148 cm³/mol. The zero-order chi connectivity index (χ0) is 24.8. The van der Waals surface area contributed by atoms with Crippen molar-refractivity contribution in [2.45, 2.75) is 70.8 Å². The fraction of sp³-hybridized carbons (Fsp3) is 0.429. The zero-order valence-corrected chi connectivity index (χ0v) is 22.5. The van der Waals surface area contributed by atoms with Crippen molar-refractivity contribution in [1.82, 2.24) is 19.2 Å². The lowest BCUT2D eigenvalue weighted by Gasteiger charge is -2.20. The van der Waals surface area contributed by atoms with Gasteiger partial charge in [0.05, 0.1) is 0 Å². The van der Waals surface area contributed by atoms with Crippen molar-refractivity contribution >= 4 is 23.1 Å². The van der Waals surface area contributed by atoms with E-state index in [1.165, 1.54) is 68.0 Å². The molecule has 0 bridgehead atoms. The maximum absolute atomic E-state index is 6.38. The summed E-state index contributed by atoms with van der Waals surface area (Å²) < 4.78 is 20.4. The van der Waals surface area contributed by atoms with E-state index in [-0.39, 0.29) is 6.10 Å². The normalized spacial score (nSPS) is 11.9. The van der Waals surface area contributed by atoms with Crippen molar-refractivity contribution in [2.24, 2.45) is 0 Å². The Morgan fingerprint density at radius 3 is 1.72 bits per heavy atom. The number of hydrogen-bond donors (Lipinski definition) is 0. The molecule has 0 aliphatic rings. The number of benzene rings is 2. The SMILES string of the molecule is CCCCCCCCCCC(COc1ccc(-c2csnn2)cc1)Oc1ccc(-c2csnn2)cc1. The largest absolute Gasteiger partial charge is 0.490 e. The summed E-state index contributed by atoms with van der Waals surface area (Å²) in [5, 5.41) is 12.2. The van der Waals surface area contributed by atoms with Crippen molar-refractivity contribution in [3.63, 3.8) is 0 Å². The van der Waals surface area contributed by atoms with Crippen LogP contribution in [-0.2, 0) is 0 Å². The van der Waals surface area contributed by atoms with Crippen molar-refractivity contribution in [3.8, 4) is 34.0 Å². The van der Waals surface area contributed by atoms with Crippen LogP contribution in [-0.4, -0.2) is 31.9 Å². The highest BCUT2D eigenvalue weighted by Gasteiger charge is 2.13. The Bertz CT molecular complexity index is 1100. The summed E-state index contributed by atoms with van der Waals surface area (Å²) in [5.41, 5.74) is 3.86. The molecule has 36 heavy (non-hydrogen) atoms. The van der Waals surface area contributed by atoms with Crippen LogP contribution in [0.25, 0.3) is 22.5 Å². The first-order chi connectivity index (χ1) is 17.8. The van der Waals surface area contributed by atoms with E-state index in [1.807, 2.05) is 59.3 Å². The molecule has 1 atom stereocenters. The van der Waals surface area contributed by atoms with Gasteiger partial charge in [0.1, 0.15) is 35.6 Å². The topological polar surface area (TPSA) is 70.0 Å². The van der Waals surface area contributed by atoms with Crippen LogP contribution in [0.15, 0.2) is 59.3 Å². The smallest absolute Gasteiger partial charge is 0.133 e. The Hall–Kier alpha value is -2.84. The highest BCUT2D eigenvalue weighted by atomic mass is 32.1. The third-order valence-corrected chi connectivity index (χ3v) is 7.15. The lowest BCUT2D eigenvalue weighted by atomic mass is 10.1. The third kappa shape index (κ3) is 8.38. The molecule has 2 heterocycles. The second-order valence-electron chi connectivity index (χ2n) is 8.94. The summed E-state index contributed by atoms with van der Waals surface area (Å²) in [6.07, 6.45) is 11.3. The number of unbranched alkanes of at least 4 members (excludes halogenated alkanes) is 7. The quantitative estimate of drug-likeness (QED) is 0.139. The van der Waals surface area contributed by atoms with Gasteiger partial charge in [-0.25, -0.2) is 0 Å². The molecule has 0 radical (unpaired) electrons. The Morgan fingerprint density at radius 1 is 0.667 bits per heavy atom. The molecule has 0 fully saturated rings. The van der Waals surface area contributed by atoms with Gasteiger partial charge in [0.25, 0.3) is 0 Å². The third-order valence-electron chi connectivity index (χ3n) is 6.14. The van der Waals surface area contributed by atoms with E-state index < -0.39 is 0 Å². The van der Waals surface area contributed by atoms with E-state index >= 15 is 0 Å². The number of aromatic nitrogens is 4. The Kier molecular flexibility index (Phi) is 10.7. The van der Waals surface area contributed by atoms with Gasteiger partial charge in [0, 0.05) is 21.9 Å². The van der Waals surface area contributed by atoms with Gasteiger partial charge in [0.2, 0.25) is 0 Å². The summed E-state index contributed by atoms with van der Waals surface area (Å²) in [5.74, 6) is 1.68. The molecule has 4 rings (SSSR count). The summed E-state index contributed by atoms with van der Waals surface area (Å²) in [6.45, 7) is 2.77. The molecule has 0 saturated heterocycles. The Balaban J connectivity index is 1.30. The summed E-state index contributed by atoms with van der Waals surface area (Å²) in [6, 6.07) is 16.1. The fourth-order valence-electron chi connectivity index (χ4n) is 4.07. The minimum absolute atomic E-state index is 0.0145. The van der Waals surface area contributed by atoms with Gasteiger partial charge in [-0.3, -0.25) is 0 Å². The van der Waals surface area contributed by atoms with Crippen molar-refractivity contribution < 1.29 is 9.47 Å². The average Bonchev–Trinajstić information content (AvgIpc) is 3.65. The molecule has 0 aliphatic carbocycles. The van der Waals surface area contributed by atoms with Crippen LogP contribution in [0.5, 0.6) is 11.5 Å². The highest BCUT2D eigenvalue weighted by Crippen LogP contribution is 2.24. The number of hydrogen-bond acceptors (Lipinski definition) is 8. The molecule has 0 aliphatic heterocycles. The first kappa shape index (κ1) is 26.2. The van der Waals surface area contributed by atoms with E-state index in [2.05, 4.69) is 26.1 Å². The first-order valence-corrected chi connectivity index (χ1v) is 14.5. The minimum atomic E-state index is -0.0145. The van der Waals surface area contributed by atoms with Crippen LogP contribution in [0.2, 0.25) is 0 Å². The molecule has 2 aromatic carbocycles. The van der Waals surface area contributed by atoms with Crippen LogP contribution >= 0.6 is 23.1 Å². The van der Waals surface area contributed by atoms with Crippen LogP contribution < -0.4 is 9.47 Å². The number of rotatable bonds is 16. The van der Waals surface area contributed by atoms with E-state index in [0.29, 0.717) is 6.61 Å². The van der Waals surface area contributed by atoms with Crippen molar-refractivity contribution in [3.05, 3.63) is 59.3 Å². The van der Waals surface area contributed by atoms with E-state index in [0.717, 1.165) is 46.9 Å². The molecule has 1 unspecified atom stereocenters. The maximum Gasteiger partial charge on any atom is 0.133 e. The second-order valence-corrected chi connectivity index (χ2v) is 10.2. The van der Waals surface area contributed by atoms with Crippen LogP contribution in [0.3, 0.4) is 0 Å². The van der Waals surface area contributed by atoms with E-state index in [4.69, 9.17) is 9.47 Å². The van der Waals surface area contributed by atoms with Gasteiger partial charge >= 0.3 is 0 Å². The number of ether oxygens (including phenoxy) is 2. The first-order valence-electron chi connectivity index (χ1n) is 12.9. The standard InChI is InChI=1S/C28H34N4O2S2/c1-2-3-4-5-6-7-8-9-10-26(34-25-17-13-23(14-18-25)28-21-36-32-30-28)19-33-24-15-11-22(12-16-24)27-20-35-31-29-27/h11-18,20-21,26H,2-10,19H2,1H3. The predicted octanol–water partition coefficient (Wildman–Crippen LogP) is 8.08. The van der Waals surface area contributed by atoms with Crippen LogP contribution in [0.4, 0.5) is 0 Å². The van der Waals surface area contributed by atoms with Gasteiger partial charge in [-0.15, -0.1) is 10.2 Å².